The molecule has 0 spiro atoms. The molecule has 9 heteroatoms. The normalized spacial score (nSPS) is 11.2. The van der Waals surface area contributed by atoms with Gasteiger partial charge in [0.15, 0.2) is 0 Å². The first-order valence-electron chi connectivity index (χ1n) is 5.95. The largest absolute Gasteiger partial charge is 0.382 e. The molecule has 1 aromatic carbocycles. The molecule has 2 N–H and O–H groups in total. The van der Waals surface area contributed by atoms with Crippen LogP contribution in [0.2, 0.25) is 5.02 Å². The summed E-state index contributed by atoms with van der Waals surface area (Å²) in [5.74, 6) is -0.399. The number of ether oxygens (including phenoxy) is 2. The zero-order chi connectivity index (χ0) is 15.9. The molecule has 7 nitrogen and oxygen atoms in total. The molecule has 0 heterocycles. The van der Waals surface area contributed by atoms with E-state index in [0.717, 1.165) is 6.26 Å². The second-order valence-electron chi connectivity index (χ2n) is 4.16. The fraction of sp³-hybridized carbons (Fsp3) is 0.417. The van der Waals surface area contributed by atoms with Crippen molar-refractivity contribution in [2.75, 3.05) is 43.2 Å². The Bertz CT molecular complexity index is 591. The average Bonchev–Trinajstić information content (AvgIpc) is 2.37. The summed E-state index contributed by atoms with van der Waals surface area (Å²) in [5, 5.41) is 2.83. The Morgan fingerprint density at radius 1 is 1.33 bits per heavy atom. The van der Waals surface area contributed by atoms with Crippen molar-refractivity contribution in [2.45, 2.75) is 0 Å². The molecule has 1 aromatic rings. The monoisotopic (exact) mass is 336 g/mol. The number of methoxy groups -OCH3 is 1. The first-order valence-corrected chi connectivity index (χ1v) is 8.22. The molecule has 0 saturated heterocycles. The van der Waals surface area contributed by atoms with Crippen LogP contribution in [0.1, 0.15) is 0 Å². The number of carbonyl (C=O) groups is 1. The summed E-state index contributed by atoms with van der Waals surface area (Å²) in [4.78, 5) is 11.7. The van der Waals surface area contributed by atoms with Crippen molar-refractivity contribution in [3.8, 4) is 0 Å². The number of carbonyl (C=O) groups excluding carboxylic acids is 1. The molecule has 0 unspecified atom stereocenters. The van der Waals surface area contributed by atoms with Crippen molar-refractivity contribution in [3.05, 3.63) is 23.2 Å². The van der Waals surface area contributed by atoms with Gasteiger partial charge in [0.2, 0.25) is 15.9 Å². The Labute approximate surface area is 128 Å². The molecule has 0 bridgehead atoms. The zero-order valence-electron chi connectivity index (χ0n) is 11.7. The minimum absolute atomic E-state index is 0.149. The molecule has 0 aliphatic carbocycles. The maximum absolute atomic E-state index is 11.7. The molecular weight excluding hydrogens is 320 g/mol. The maximum atomic E-state index is 11.7. The summed E-state index contributed by atoms with van der Waals surface area (Å²) in [6.07, 6.45) is 1.03. The second kappa shape index (κ2) is 8.18. The summed E-state index contributed by atoms with van der Waals surface area (Å²) < 4.78 is 34.5. The Balaban J connectivity index is 2.65. The van der Waals surface area contributed by atoms with Crippen LogP contribution in [0.3, 0.4) is 0 Å². The third-order valence-corrected chi connectivity index (χ3v) is 3.14. The van der Waals surface area contributed by atoms with E-state index in [1.54, 1.807) is 0 Å². The highest BCUT2D eigenvalue weighted by Gasteiger charge is 2.09. The van der Waals surface area contributed by atoms with Crippen molar-refractivity contribution in [1.29, 1.82) is 0 Å². The van der Waals surface area contributed by atoms with Gasteiger partial charge in [0, 0.05) is 7.11 Å². The second-order valence-corrected chi connectivity index (χ2v) is 6.32. The number of hydrogen-bond acceptors (Lipinski definition) is 5. The molecule has 0 aliphatic rings. The smallest absolute Gasteiger partial charge is 0.250 e. The van der Waals surface area contributed by atoms with Crippen LogP contribution < -0.4 is 10.0 Å². The molecule has 0 saturated carbocycles. The molecule has 0 aromatic heterocycles. The van der Waals surface area contributed by atoms with Crippen LogP contribution in [0.4, 0.5) is 11.4 Å². The van der Waals surface area contributed by atoms with Gasteiger partial charge >= 0.3 is 0 Å². The van der Waals surface area contributed by atoms with E-state index < -0.39 is 15.9 Å². The first-order chi connectivity index (χ1) is 9.81. The summed E-state index contributed by atoms with van der Waals surface area (Å²) in [6, 6.07) is 4.40. The van der Waals surface area contributed by atoms with Crippen LogP contribution >= 0.6 is 11.6 Å². The van der Waals surface area contributed by atoms with E-state index in [1.165, 1.54) is 25.3 Å². The van der Waals surface area contributed by atoms with E-state index >= 15 is 0 Å². The van der Waals surface area contributed by atoms with Crippen molar-refractivity contribution in [1.82, 2.24) is 0 Å². The topological polar surface area (TPSA) is 93.7 Å². The lowest BCUT2D eigenvalue weighted by Gasteiger charge is -2.10. The molecule has 118 valence electrons. The van der Waals surface area contributed by atoms with Gasteiger partial charge < -0.3 is 14.8 Å². The standard InChI is InChI=1S/C12H17ClN2O5S/c1-19-5-6-20-8-12(16)14-11-7-9(3-4-10(11)13)15-21(2,17)18/h3-4,7,15H,5-6,8H2,1-2H3,(H,14,16). The molecule has 0 atom stereocenters. The van der Waals surface area contributed by atoms with Gasteiger partial charge in [-0.15, -0.1) is 0 Å². The number of hydrogen-bond donors (Lipinski definition) is 2. The van der Waals surface area contributed by atoms with Crippen LogP contribution in [0, 0.1) is 0 Å². The molecule has 0 aliphatic heterocycles. The Kier molecular flexibility index (Phi) is 6.90. The zero-order valence-corrected chi connectivity index (χ0v) is 13.3. The molecular formula is C12H17ClN2O5S. The van der Waals surface area contributed by atoms with E-state index in [4.69, 9.17) is 21.1 Å². The molecule has 21 heavy (non-hydrogen) atoms. The Hall–Kier alpha value is -1.35. The quantitative estimate of drug-likeness (QED) is 0.698. The third kappa shape index (κ3) is 7.28. The average molecular weight is 337 g/mol. The van der Waals surface area contributed by atoms with Gasteiger partial charge in [0.25, 0.3) is 0 Å². The number of anilines is 2. The number of halogens is 1. The van der Waals surface area contributed by atoms with Crippen LogP contribution in [-0.2, 0) is 24.3 Å². The number of sulfonamides is 1. The van der Waals surface area contributed by atoms with Gasteiger partial charge in [-0.2, -0.15) is 0 Å². The van der Waals surface area contributed by atoms with Crippen LogP contribution in [0.25, 0.3) is 0 Å². The highest BCUT2D eigenvalue weighted by molar-refractivity contribution is 7.92. The lowest BCUT2D eigenvalue weighted by atomic mass is 10.3. The van der Waals surface area contributed by atoms with Crippen molar-refractivity contribution in [2.24, 2.45) is 0 Å². The highest BCUT2D eigenvalue weighted by Crippen LogP contribution is 2.25. The van der Waals surface area contributed by atoms with Gasteiger partial charge in [-0.3, -0.25) is 9.52 Å². The predicted molar refractivity (Wildman–Crippen MR) is 81.2 cm³/mol. The van der Waals surface area contributed by atoms with Gasteiger partial charge in [-0.25, -0.2) is 8.42 Å². The minimum Gasteiger partial charge on any atom is -0.382 e. The van der Waals surface area contributed by atoms with Crippen molar-refractivity contribution < 1.29 is 22.7 Å². The summed E-state index contributed by atoms with van der Waals surface area (Å²) in [6.45, 7) is 0.540. The van der Waals surface area contributed by atoms with Gasteiger partial charge in [0.05, 0.1) is 35.9 Å². The van der Waals surface area contributed by atoms with Crippen molar-refractivity contribution >= 4 is 38.9 Å². The van der Waals surface area contributed by atoms with E-state index in [9.17, 15) is 13.2 Å². The van der Waals surface area contributed by atoms with E-state index in [1.807, 2.05) is 0 Å². The van der Waals surface area contributed by atoms with Crippen LogP contribution in [0.5, 0.6) is 0 Å². The first kappa shape index (κ1) is 17.7. The molecule has 0 fully saturated rings. The number of benzene rings is 1. The Morgan fingerprint density at radius 2 is 2.05 bits per heavy atom. The van der Waals surface area contributed by atoms with Gasteiger partial charge in [-0.1, -0.05) is 11.6 Å². The molecule has 1 rings (SSSR count). The minimum atomic E-state index is -3.40. The van der Waals surface area contributed by atoms with Gasteiger partial charge in [0.1, 0.15) is 6.61 Å². The lowest BCUT2D eigenvalue weighted by Crippen LogP contribution is -2.20. The van der Waals surface area contributed by atoms with Crippen LogP contribution in [0.15, 0.2) is 18.2 Å². The molecule has 1 amide bonds. The number of rotatable bonds is 8. The summed E-state index contributed by atoms with van der Waals surface area (Å²) in [5.41, 5.74) is 0.600. The molecule has 0 radical (unpaired) electrons. The van der Waals surface area contributed by atoms with Crippen molar-refractivity contribution in [3.63, 3.8) is 0 Å². The van der Waals surface area contributed by atoms with Gasteiger partial charge in [-0.05, 0) is 18.2 Å². The Morgan fingerprint density at radius 3 is 2.67 bits per heavy atom. The summed E-state index contributed by atoms with van der Waals surface area (Å²) >= 11 is 5.94. The van der Waals surface area contributed by atoms with E-state index in [2.05, 4.69) is 10.0 Å². The highest BCUT2D eigenvalue weighted by atomic mass is 35.5. The SMILES string of the molecule is COCCOCC(=O)Nc1cc(NS(C)(=O)=O)ccc1Cl. The predicted octanol–water partition coefficient (Wildman–Crippen LogP) is 1.31. The third-order valence-electron chi connectivity index (χ3n) is 2.21. The lowest BCUT2D eigenvalue weighted by molar-refractivity contribution is -0.121. The van der Waals surface area contributed by atoms with E-state index in [0.29, 0.717) is 29.6 Å². The maximum Gasteiger partial charge on any atom is 0.250 e. The fourth-order valence-corrected chi connectivity index (χ4v) is 2.11. The summed E-state index contributed by atoms with van der Waals surface area (Å²) in [7, 11) is -1.87. The number of nitrogens with one attached hydrogen (secondary N) is 2. The van der Waals surface area contributed by atoms with Crippen LogP contribution in [-0.4, -0.2) is 47.5 Å². The number of amides is 1. The fourth-order valence-electron chi connectivity index (χ4n) is 1.39. The van der Waals surface area contributed by atoms with E-state index in [-0.39, 0.29) is 6.61 Å².